The molecule has 0 aliphatic heterocycles. The normalized spacial score (nSPS) is 17.9. The summed E-state index contributed by atoms with van der Waals surface area (Å²) in [6, 6.07) is 14.3. The van der Waals surface area contributed by atoms with E-state index >= 15 is 0 Å². The number of nitrogens with zero attached hydrogens (tertiary/aromatic N) is 1. The SMILES string of the molecule is Cl.Cl.N#Cc1ccc2c(c1)C(N)CCC2.NCc1ccc2c(c1)C(Nc1c(N)c(=O)c1=O)CCC2. The van der Waals surface area contributed by atoms with Crippen LogP contribution in [0, 0.1) is 11.3 Å². The van der Waals surface area contributed by atoms with Gasteiger partial charge in [0.15, 0.2) is 0 Å². The Morgan fingerprint density at radius 3 is 2.26 bits per heavy atom. The standard InChI is InChI=1S/C15H17N3O2.C11H12N2.2ClH/c16-7-8-4-5-9-2-1-3-11(10(9)6-8)18-13-12(17)14(19)15(13)20;12-7-8-4-5-9-2-1-3-11(13)10(9)6-8;;/h4-6,11,18H,1-3,7,16-17H2;4-6,11H,1-3,13H2;2*1H. The number of hydrogen-bond acceptors (Lipinski definition) is 7. The van der Waals surface area contributed by atoms with Crippen LogP contribution in [0.5, 0.6) is 0 Å². The molecular formula is C26H31Cl2N5O2. The van der Waals surface area contributed by atoms with Crippen molar-refractivity contribution in [2.24, 2.45) is 11.5 Å². The lowest BCUT2D eigenvalue weighted by Crippen LogP contribution is -2.38. The molecule has 0 heterocycles. The van der Waals surface area contributed by atoms with Crippen molar-refractivity contribution in [1.82, 2.24) is 0 Å². The van der Waals surface area contributed by atoms with E-state index in [1.807, 2.05) is 24.3 Å². The number of rotatable bonds is 3. The lowest BCUT2D eigenvalue weighted by atomic mass is 9.86. The molecule has 0 saturated carbocycles. The third-order valence-corrected chi connectivity index (χ3v) is 6.66. The molecule has 5 rings (SSSR count). The van der Waals surface area contributed by atoms with Crippen LogP contribution in [0.4, 0.5) is 11.4 Å². The van der Waals surface area contributed by atoms with Gasteiger partial charge in [0.2, 0.25) is 0 Å². The molecule has 2 aliphatic rings. The van der Waals surface area contributed by atoms with Crippen LogP contribution in [-0.2, 0) is 19.4 Å². The first-order chi connectivity index (χ1) is 15.9. The fourth-order valence-electron chi connectivity index (χ4n) is 4.76. The Labute approximate surface area is 217 Å². The molecule has 2 unspecified atom stereocenters. The van der Waals surface area contributed by atoms with Crippen LogP contribution >= 0.6 is 24.8 Å². The van der Waals surface area contributed by atoms with E-state index in [0.717, 1.165) is 48.8 Å². The number of anilines is 2. The summed E-state index contributed by atoms with van der Waals surface area (Å²) in [5.74, 6) is 0. The number of hydrogen-bond donors (Lipinski definition) is 4. The molecular weight excluding hydrogens is 485 g/mol. The molecule has 0 saturated heterocycles. The maximum atomic E-state index is 11.5. The summed E-state index contributed by atoms with van der Waals surface area (Å²) in [5.41, 5.74) is 23.1. The van der Waals surface area contributed by atoms with E-state index in [1.54, 1.807) is 0 Å². The predicted octanol–water partition coefficient (Wildman–Crippen LogP) is 3.55. The van der Waals surface area contributed by atoms with Gasteiger partial charge in [-0.1, -0.05) is 24.3 Å². The second kappa shape index (κ2) is 12.2. The lowest BCUT2D eigenvalue weighted by Gasteiger charge is -2.28. The summed E-state index contributed by atoms with van der Waals surface area (Å²) in [7, 11) is 0. The Balaban J connectivity index is 0.000000252. The summed E-state index contributed by atoms with van der Waals surface area (Å²) < 4.78 is 0. The van der Waals surface area contributed by atoms with E-state index in [0.29, 0.717) is 6.54 Å². The molecule has 0 bridgehead atoms. The van der Waals surface area contributed by atoms with Crippen molar-refractivity contribution in [2.75, 3.05) is 11.1 Å². The van der Waals surface area contributed by atoms with E-state index in [1.165, 1.54) is 23.1 Å². The zero-order valence-corrected chi connectivity index (χ0v) is 21.0. The zero-order chi connectivity index (χ0) is 23.5. The van der Waals surface area contributed by atoms with Gasteiger partial charge in [-0.3, -0.25) is 9.59 Å². The van der Waals surface area contributed by atoms with Crippen LogP contribution in [0.1, 0.15) is 71.1 Å². The van der Waals surface area contributed by atoms with Gasteiger partial charge in [-0.2, -0.15) is 5.26 Å². The largest absolute Gasteiger partial charge is 0.394 e. The molecule has 9 heteroatoms. The topological polar surface area (TPSA) is 148 Å². The van der Waals surface area contributed by atoms with E-state index < -0.39 is 10.9 Å². The van der Waals surface area contributed by atoms with Crippen LogP contribution in [0.3, 0.4) is 0 Å². The molecule has 0 radical (unpaired) electrons. The molecule has 0 aromatic heterocycles. The molecule has 7 nitrogen and oxygen atoms in total. The van der Waals surface area contributed by atoms with Gasteiger partial charge in [0, 0.05) is 12.6 Å². The quantitative estimate of drug-likeness (QED) is 0.389. The Morgan fingerprint density at radius 2 is 1.60 bits per heavy atom. The molecule has 0 fully saturated rings. The maximum Gasteiger partial charge on any atom is 0.253 e. The zero-order valence-electron chi connectivity index (χ0n) is 19.4. The minimum Gasteiger partial charge on any atom is -0.394 e. The van der Waals surface area contributed by atoms with Crippen LogP contribution in [0.2, 0.25) is 0 Å². The first-order valence-corrected chi connectivity index (χ1v) is 11.4. The summed E-state index contributed by atoms with van der Waals surface area (Å²) in [6.07, 6.45) is 6.30. The van der Waals surface area contributed by atoms with Crippen LogP contribution < -0.4 is 33.4 Å². The smallest absolute Gasteiger partial charge is 0.253 e. The predicted molar refractivity (Wildman–Crippen MR) is 145 cm³/mol. The fourth-order valence-corrected chi connectivity index (χ4v) is 4.76. The number of benzene rings is 2. The third-order valence-electron chi connectivity index (χ3n) is 6.66. The van der Waals surface area contributed by atoms with Gasteiger partial charge in [-0.05, 0) is 78.5 Å². The van der Waals surface area contributed by atoms with Gasteiger partial charge in [0.25, 0.3) is 10.9 Å². The molecule has 35 heavy (non-hydrogen) atoms. The van der Waals surface area contributed by atoms with Crippen molar-refractivity contribution < 1.29 is 0 Å². The number of nitrogens with two attached hydrogens (primary N) is 3. The highest BCUT2D eigenvalue weighted by Gasteiger charge is 2.25. The molecule has 0 spiro atoms. The molecule has 2 aliphatic carbocycles. The highest BCUT2D eigenvalue weighted by atomic mass is 35.5. The van der Waals surface area contributed by atoms with Crippen molar-refractivity contribution >= 4 is 36.2 Å². The summed E-state index contributed by atoms with van der Waals surface area (Å²) in [4.78, 5) is 22.7. The van der Waals surface area contributed by atoms with Crippen LogP contribution in [-0.4, -0.2) is 0 Å². The second-order valence-electron chi connectivity index (χ2n) is 8.80. The highest BCUT2D eigenvalue weighted by molar-refractivity contribution is 5.85. The first-order valence-electron chi connectivity index (χ1n) is 11.4. The summed E-state index contributed by atoms with van der Waals surface area (Å²) >= 11 is 0. The number of aryl methyl sites for hydroxylation is 2. The maximum absolute atomic E-state index is 11.5. The summed E-state index contributed by atoms with van der Waals surface area (Å²) in [6.45, 7) is 0.488. The summed E-state index contributed by atoms with van der Waals surface area (Å²) in [5, 5.41) is 11.9. The van der Waals surface area contributed by atoms with Crippen molar-refractivity contribution in [3.05, 3.63) is 90.2 Å². The second-order valence-corrected chi connectivity index (χ2v) is 8.80. The van der Waals surface area contributed by atoms with Gasteiger partial charge in [-0.15, -0.1) is 24.8 Å². The molecule has 2 atom stereocenters. The number of fused-ring (bicyclic) bond motifs is 2. The molecule has 3 aromatic carbocycles. The Morgan fingerprint density at radius 1 is 0.943 bits per heavy atom. The van der Waals surface area contributed by atoms with Crippen molar-refractivity contribution in [3.63, 3.8) is 0 Å². The van der Waals surface area contributed by atoms with Crippen molar-refractivity contribution in [3.8, 4) is 6.07 Å². The number of nitrogen functional groups attached to an aromatic ring is 1. The highest BCUT2D eigenvalue weighted by Crippen LogP contribution is 2.33. The Kier molecular flexibility index (Phi) is 9.87. The van der Waals surface area contributed by atoms with Gasteiger partial charge >= 0.3 is 0 Å². The lowest BCUT2D eigenvalue weighted by molar-refractivity contribution is 0.570. The Bertz CT molecular complexity index is 1290. The van der Waals surface area contributed by atoms with E-state index in [-0.39, 0.29) is 48.3 Å². The van der Waals surface area contributed by atoms with Crippen LogP contribution in [0.15, 0.2) is 46.0 Å². The van der Waals surface area contributed by atoms with Gasteiger partial charge in [0.1, 0.15) is 11.4 Å². The number of halogens is 2. The average molecular weight is 516 g/mol. The van der Waals surface area contributed by atoms with Gasteiger partial charge in [-0.25, -0.2) is 0 Å². The fraction of sp³-hybridized carbons (Fsp3) is 0.346. The van der Waals surface area contributed by atoms with Gasteiger partial charge in [0.05, 0.1) is 17.7 Å². The molecule has 186 valence electrons. The molecule has 0 amide bonds. The molecule has 3 aromatic rings. The van der Waals surface area contributed by atoms with E-state index in [4.69, 9.17) is 22.5 Å². The molecule has 7 N–H and O–H groups in total. The van der Waals surface area contributed by atoms with E-state index in [2.05, 4.69) is 23.5 Å². The first kappa shape index (κ1) is 28.3. The third kappa shape index (κ3) is 5.85. The van der Waals surface area contributed by atoms with Crippen LogP contribution in [0.25, 0.3) is 0 Å². The van der Waals surface area contributed by atoms with Gasteiger partial charge < -0.3 is 22.5 Å². The average Bonchev–Trinajstić information content (AvgIpc) is 2.86. The van der Waals surface area contributed by atoms with Crippen molar-refractivity contribution in [1.29, 1.82) is 5.26 Å². The number of nitriles is 1. The number of nitrogens with one attached hydrogen (secondary N) is 1. The van der Waals surface area contributed by atoms with E-state index in [9.17, 15) is 9.59 Å². The Hall–Kier alpha value is -2.89. The van der Waals surface area contributed by atoms with Crippen molar-refractivity contribution in [2.45, 2.75) is 57.2 Å². The minimum absolute atomic E-state index is 0. The monoisotopic (exact) mass is 515 g/mol. The minimum atomic E-state index is -0.584.